The van der Waals surface area contributed by atoms with Crippen molar-refractivity contribution in [2.24, 2.45) is 11.8 Å². The highest BCUT2D eigenvalue weighted by molar-refractivity contribution is 5.88. The van der Waals surface area contributed by atoms with Gasteiger partial charge in [-0.1, -0.05) is 0 Å². The standard InChI is InChI=1S/C19H22N2O5/c1-24-10-4-5-14-12(8-10)11-6-7-21-9-13(18(22)25-2)15(19(23)26-3)17(21)16(11)20-14/h4-5,8,13,15,17,20H,6-7,9H2,1-3H3/t13-,15+,17+/m0/s1. The third-order valence-corrected chi connectivity index (χ3v) is 5.67. The number of benzene rings is 1. The number of aromatic nitrogens is 1. The summed E-state index contributed by atoms with van der Waals surface area (Å²) in [4.78, 5) is 30.5. The van der Waals surface area contributed by atoms with Crippen LogP contribution >= 0.6 is 0 Å². The molecule has 138 valence electrons. The monoisotopic (exact) mass is 358 g/mol. The molecule has 0 radical (unpaired) electrons. The Hall–Kier alpha value is -2.54. The molecule has 0 aliphatic carbocycles. The van der Waals surface area contributed by atoms with Crippen molar-refractivity contribution in [3.05, 3.63) is 29.5 Å². The quantitative estimate of drug-likeness (QED) is 0.841. The van der Waals surface area contributed by atoms with Crippen LogP contribution < -0.4 is 4.74 Å². The lowest BCUT2D eigenvalue weighted by Gasteiger charge is -2.31. The minimum Gasteiger partial charge on any atom is -0.497 e. The summed E-state index contributed by atoms with van der Waals surface area (Å²) >= 11 is 0. The molecule has 0 unspecified atom stereocenters. The maximum absolute atomic E-state index is 12.5. The number of methoxy groups -OCH3 is 3. The summed E-state index contributed by atoms with van der Waals surface area (Å²) in [5.41, 5.74) is 3.17. The Balaban J connectivity index is 1.83. The Labute approximate surface area is 151 Å². The van der Waals surface area contributed by atoms with Gasteiger partial charge in [0.05, 0.1) is 39.2 Å². The van der Waals surface area contributed by atoms with Crippen LogP contribution in [0.2, 0.25) is 0 Å². The number of fused-ring (bicyclic) bond motifs is 5. The van der Waals surface area contributed by atoms with Crippen molar-refractivity contribution in [3.63, 3.8) is 0 Å². The van der Waals surface area contributed by atoms with Crippen molar-refractivity contribution in [1.29, 1.82) is 0 Å². The van der Waals surface area contributed by atoms with Crippen molar-refractivity contribution in [3.8, 4) is 5.75 Å². The molecular weight excluding hydrogens is 336 g/mol. The molecule has 1 fully saturated rings. The number of H-pyrrole nitrogens is 1. The predicted octanol–water partition coefficient (Wildman–Crippen LogP) is 1.67. The summed E-state index contributed by atoms with van der Waals surface area (Å²) in [6.45, 7) is 1.28. The SMILES string of the molecule is COC(=O)[C@@H]1[C@@H](C(=O)OC)CN2CCc3c([nH]c4ccc(OC)cc34)[C@@H]12. The van der Waals surface area contributed by atoms with Gasteiger partial charge in [-0.2, -0.15) is 0 Å². The number of hydrogen-bond acceptors (Lipinski definition) is 6. The van der Waals surface area contributed by atoms with Gasteiger partial charge in [-0.3, -0.25) is 14.5 Å². The Bertz CT molecular complexity index is 874. The molecule has 1 N–H and O–H groups in total. The van der Waals surface area contributed by atoms with Crippen molar-refractivity contribution in [2.75, 3.05) is 34.4 Å². The molecule has 3 heterocycles. The maximum atomic E-state index is 12.5. The lowest BCUT2D eigenvalue weighted by molar-refractivity contribution is -0.156. The molecule has 1 saturated heterocycles. The number of nitrogens with zero attached hydrogens (tertiary/aromatic N) is 1. The summed E-state index contributed by atoms with van der Waals surface area (Å²) < 4.78 is 15.3. The second-order valence-electron chi connectivity index (χ2n) is 6.80. The largest absolute Gasteiger partial charge is 0.497 e. The van der Waals surface area contributed by atoms with Crippen molar-refractivity contribution >= 4 is 22.8 Å². The van der Waals surface area contributed by atoms with Crippen LogP contribution in [0.25, 0.3) is 10.9 Å². The Morgan fingerprint density at radius 2 is 1.92 bits per heavy atom. The lowest BCUT2D eigenvalue weighted by Crippen LogP contribution is -2.35. The van der Waals surface area contributed by atoms with Crippen LogP contribution in [0.15, 0.2) is 18.2 Å². The Morgan fingerprint density at radius 1 is 1.15 bits per heavy atom. The van der Waals surface area contributed by atoms with Crippen LogP contribution in [0.1, 0.15) is 17.3 Å². The summed E-state index contributed by atoms with van der Waals surface area (Å²) in [5.74, 6) is -1.05. The van der Waals surface area contributed by atoms with E-state index in [9.17, 15) is 9.59 Å². The van der Waals surface area contributed by atoms with Gasteiger partial charge in [0, 0.05) is 29.7 Å². The average Bonchev–Trinajstić information content (AvgIpc) is 3.24. The molecule has 0 saturated carbocycles. The summed E-state index contributed by atoms with van der Waals surface area (Å²) in [6.07, 6.45) is 0.848. The number of carbonyl (C=O) groups is 2. The molecule has 7 heteroatoms. The second kappa shape index (κ2) is 6.32. The molecule has 7 nitrogen and oxygen atoms in total. The fourth-order valence-electron chi connectivity index (χ4n) is 4.47. The number of ether oxygens (including phenoxy) is 3. The lowest BCUT2D eigenvalue weighted by atomic mass is 9.86. The first-order valence-corrected chi connectivity index (χ1v) is 8.67. The molecule has 4 rings (SSSR count). The molecule has 1 aromatic heterocycles. The first-order valence-electron chi connectivity index (χ1n) is 8.67. The van der Waals surface area contributed by atoms with E-state index in [1.165, 1.54) is 19.8 Å². The normalized spacial score (nSPS) is 24.8. The summed E-state index contributed by atoms with van der Waals surface area (Å²) in [6, 6.07) is 5.69. The van der Waals surface area contributed by atoms with E-state index in [1.54, 1.807) is 7.11 Å². The van der Waals surface area contributed by atoms with E-state index in [2.05, 4.69) is 9.88 Å². The van der Waals surface area contributed by atoms with Crippen LogP contribution in [-0.4, -0.2) is 56.2 Å². The molecule has 1 aromatic carbocycles. The number of hydrogen-bond donors (Lipinski definition) is 1. The van der Waals surface area contributed by atoms with E-state index in [4.69, 9.17) is 14.2 Å². The zero-order chi connectivity index (χ0) is 18.4. The van der Waals surface area contributed by atoms with Gasteiger partial charge in [-0.25, -0.2) is 0 Å². The smallest absolute Gasteiger partial charge is 0.311 e. The van der Waals surface area contributed by atoms with Crippen LogP contribution in [0, 0.1) is 11.8 Å². The molecule has 0 spiro atoms. The van der Waals surface area contributed by atoms with Crippen molar-refractivity contribution in [2.45, 2.75) is 12.5 Å². The molecule has 26 heavy (non-hydrogen) atoms. The third-order valence-electron chi connectivity index (χ3n) is 5.67. The number of carbonyl (C=O) groups excluding carboxylic acids is 2. The zero-order valence-corrected chi connectivity index (χ0v) is 15.1. The van der Waals surface area contributed by atoms with E-state index >= 15 is 0 Å². The maximum Gasteiger partial charge on any atom is 0.311 e. The molecule has 0 amide bonds. The van der Waals surface area contributed by atoms with Gasteiger partial charge in [0.2, 0.25) is 0 Å². The number of aromatic amines is 1. The van der Waals surface area contributed by atoms with E-state index in [1.807, 2.05) is 18.2 Å². The highest BCUT2D eigenvalue weighted by Crippen LogP contribution is 2.47. The molecule has 2 aliphatic heterocycles. The van der Waals surface area contributed by atoms with E-state index < -0.39 is 11.8 Å². The molecule has 3 atom stereocenters. The van der Waals surface area contributed by atoms with Gasteiger partial charge < -0.3 is 19.2 Å². The van der Waals surface area contributed by atoms with Gasteiger partial charge in [0.1, 0.15) is 5.75 Å². The number of rotatable bonds is 3. The fourth-order valence-corrected chi connectivity index (χ4v) is 4.47. The molecular formula is C19H22N2O5. The second-order valence-corrected chi connectivity index (χ2v) is 6.80. The van der Waals surface area contributed by atoms with Gasteiger partial charge in [-0.15, -0.1) is 0 Å². The first-order chi connectivity index (χ1) is 12.6. The molecule has 0 bridgehead atoms. The summed E-state index contributed by atoms with van der Waals surface area (Å²) in [7, 11) is 4.36. The van der Waals surface area contributed by atoms with Gasteiger partial charge in [0.15, 0.2) is 0 Å². The summed E-state index contributed by atoms with van der Waals surface area (Å²) in [5, 5.41) is 1.10. The van der Waals surface area contributed by atoms with E-state index in [0.717, 1.165) is 35.3 Å². The minimum absolute atomic E-state index is 0.214. The molecule has 2 aromatic rings. The van der Waals surface area contributed by atoms with Gasteiger partial charge >= 0.3 is 11.9 Å². The highest BCUT2D eigenvalue weighted by atomic mass is 16.5. The highest BCUT2D eigenvalue weighted by Gasteiger charge is 2.53. The van der Waals surface area contributed by atoms with E-state index in [-0.39, 0.29) is 18.0 Å². The van der Waals surface area contributed by atoms with Crippen LogP contribution in [0.5, 0.6) is 5.75 Å². The van der Waals surface area contributed by atoms with Crippen LogP contribution in [0.3, 0.4) is 0 Å². The van der Waals surface area contributed by atoms with Crippen LogP contribution in [-0.2, 0) is 25.5 Å². The topological polar surface area (TPSA) is 80.9 Å². The van der Waals surface area contributed by atoms with Gasteiger partial charge in [-0.05, 0) is 30.2 Å². The van der Waals surface area contributed by atoms with Crippen molar-refractivity contribution in [1.82, 2.24) is 9.88 Å². The molecule has 2 aliphatic rings. The number of nitrogens with one attached hydrogen (secondary N) is 1. The fraction of sp³-hybridized carbons (Fsp3) is 0.474. The predicted molar refractivity (Wildman–Crippen MR) is 93.9 cm³/mol. The average molecular weight is 358 g/mol. The Kier molecular flexibility index (Phi) is 4.11. The van der Waals surface area contributed by atoms with E-state index in [0.29, 0.717) is 6.54 Å². The van der Waals surface area contributed by atoms with Crippen LogP contribution in [0.4, 0.5) is 0 Å². The number of esters is 2. The zero-order valence-electron chi connectivity index (χ0n) is 15.1. The minimum atomic E-state index is -0.582. The van der Waals surface area contributed by atoms with Gasteiger partial charge in [0.25, 0.3) is 0 Å². The third kappa shape index (κ3) is 2.38. The Morgan fingerprint density at radius 3 is 2.62 bits per heavy atom. The first kappa shape index (κ1) is 16.9. The van der Waals surface area contributed by atoms with Crippen molar-refractivity contribution < 1.29 is 23.8 Å².